The van der Waals surface area contributed by atoms with Crippen molar-refractivity contribution in [1.82, 2.24) is 0 Å². The summed E-state index contributed by atoms with van der Waals surface area (Å²) in [6, 6.07) is 32.2. The SMILES string of the molecule is CCC(=O)CC[P+](c1ccccc1)(c1ccccc1)c1ccccc1.[Cl-]. The number of ketones is 1. The van der Waals surface area contributed by atoms with E-state index in [1.165, 1.54) is 15.9 Å². The van der Waals surface area contributed by atoms with Crippen LogP contribution in [0.4, 0.5) is 0 Å². The van der Waals surface area contributed by atoms with Gasteiger partial charge in [-0.15, -0.1) is 0 Å². The maximum absolute atomic E-state index is 12.2. The molecule has 0 N–H and O–H groups in total. The minimum absolute atomic E-state index is 0. The summed E-state index contributed by atoms with van der Waals surface area (Å²) in [6.07, 6.45) is 2.12. The molecule has 1 nitrogen and oxygen atoms in total. The van der Waals surface area contributed by atoms with Gasteiger partial charge in [0.05, 0.1) is 6.16 Å². The lowest BCUT2D eigenvalue weighted by molar-refractivity contribution is -0.118. The molecule has 0 heterocycles. The van der Waals surface area contributed by atoms with Crippen LogP contribution in [0.5, 0.6) is 0 Å². The minimum atomic E-state index is -1.84. The van der Waals surface area contributed by atoms with Crippen molar-refractivity contribution in [3.63, 3.8) is 0 Å². The smallest absolute Gasteiger partial charge is 0.136 e. The summed E-state index contributed by atoms with van der Waals surface area (Å²) in [4.78, 5) is 12.2. The predicted octanol–water partition coefficient (Wildman–Crippen LogP) is 1.35. The molecule has 0 amide bonds. The topological polar surface area (TPSA) is 17.1 Å². The van der Waals surface area contributed by atoms with Gasteiger partial charge in [-0.05, 0) is 36.4 Å². The predicted molar refractivity (Wildman–Crippen MR) is 110 cm³/mol. The third-order valence-corrected chi connectivity index (χ3v) is 9.14. The van der Waals surface area contributed by atoms with Gasteiger partial charge in [0, 0.05) is 12.8 Å². The van der Waals surface area contributed by atoms with Gasteiger partial charge in [-0.2, -0.15) is 0 Å². The Hall–Kier alpha value is -1.95. The Balaban J connectivity index is 0.00000243. The maximum atomic E-state index is 12.2. The highest BCUT2D eigenvalue weighted by Crippen LogP contribution is 2.55. The molecule has 0 aliphatic heterocycles. The fourth-order valence-electron chi connectivity index (χ4n) is 3.35. The molecule has 0 aliphatic carbocycles. The molecule has 3 heteroatoms. The lowest BCUT2D eigenvalue weighted by Gasteiger charge is -2.27. The van der Waals surface area contributed by atoms with E-state index in [9.17, 15) is 4.79 Å². The maximum Gasteiger partial charge on any atom is 0.136 e. The summed E-state index contributed by atoms with van der Waals surface area (Å²) in [6.45, 7) is 1.95. The molecular formula is C23H24ClOP. The minimum Gasteiger partial charge on any atom is -1.00 e. The molecule has 0 atom stereocenters. The second-order valence-electron chi connectivity index (χ2n) is 6.18. The Morgan fingerprint density at radius 1 is 0.692 bits per heavy atom. The monoisotopic (exact) mass is 382 g/mol. The molecular weight excluding hydrogens is 359 g/mol. The van der Waals surface area contributed by atoms with Crippen LogP contribution < -0.4 is 28.3 Å². The van der Waals surface area contributed by atoms with Crippen molar-refractivity contribution in [1.29, 1.82) is 0 Å². The van der Waals surface area contributed by atoms with Crippen LogP contribution in [-0.4, -0.2) is 11.9 Å². The zero-order valence-corrected chi connectivity index (χ0v) is 16.7. The van der Waals surface area contributed by atoms with E-state index in [0.29, 0.717) is 18.6 Å². The molecule has 26 heavy (non-hydrogen) atoms. The molecule has 0 saturated carbocycles. The molecule has 0 saturated heterocycles. The van der Waals surface area contributed by atoms with E-state index < -0.39 is 7.26 Å². The molecule has 0 spiro atoms. The van der Waals surface area contributed by atoms with E-state index in [0.717, 1.165) is 6.16 Å². The number of benzene rings is 3. The van der Waals surface area contributed by atoms with Crippen LogP contribution in [-0.2, 0) is 4.79 Å². The van der Waals surface area contributed by atoms with Crippen LogP contribution in [0.2, 0.25) is 0 Å². The number of rotatable bonds is 7. The number of Topliss-reactive ketones (excluding diaryl/α,β-unsaturated/α-hetero) is 1. The highest BCUT2D eigenvalue weighted by molar-refractivity contribution is 7.95. The first-order chi connectivity index (χ1) is 12.3. The van der Waals surface area contributed by atoms with Crippen molar-refractivity contribution >= 4 is 29.0 Å². The van der Waals surface area contributed by atoms with Gasteiger partial charge in [-0.3, -0.25) is 4.79 Å². The Morgan fingerprint density at radius 3 is 1.35 bits per heavy atom. The van der Waals surface area contributed by atoms with Crippen molar-refractivity contribution in [3.8, 4) is 0 Å². The van der Waals surface area contributed by atoms with Gasteiger partial charge in [0.25, 0.3) is 0 Å². The number of carbonyl (C=O) groups is 1. The second-order valence-corrected chi connectivity index (χ2v) is 9.80. The molecule has 0 radical (unpaired) electrons. The molecule has 3 aromatic rings. The molecule has 3 rings (SSSR count). The summed E-state index contributed by atoms with van der Waals surface area (Å²) in [5.74, 6) is 0.340. The van der Waals surface area contributed by atoms with Crippen molar-refractivity contribution in [2.75, 3.05) is 6.16 Å². The Kier molecular flexibility index (Phi) is 7.57. The third-order valence-electron chi connectivity index (χ3n) is 4.71. The number of hydrogen-bond donors (Lipinski definition) is 0. The van der Waals surface area contributed by atoms with E-state index in [4.69, 9.17) is 0 Å². The number of hydrogen-bond acceptors (Lipinski definition) is 1. The van der Waals surface area contributed by atoms with Crippen LogP contribution in [0.25, 0.3) is 0 Å². The zero-order valence-electron chi connectivity index (χ0n) is 15.0. The summed E-state index contributed by atoms with van der Waals surface area (Å²) in [5, 5.41) is 4.03. The molecule has 3 aromatic carbocycles. The summed E-state index contributed by atoms with van der Waals surface area (Å²) in [7, 11) is -1.84. The lowest BCUT2D eigenvalue weighted by Crippen LogP contribution is -3.00. The Labute approximate surface area is 163 Å². The van der Waals surface area contributed by atoms with Gasteiger partial charge in [0.15, 0.2) is 0 Å². The van der Waals surface area contributed by atoms with Crippen molar-refractivity contribution in [2.45, 2.75) is 19.8 Å². The van der Waals surface area contributed by atoms with Gasteiger partial charge in [0.2, 0.25) is 0 Å². The van der Waals surface area contributed by atoms with Crippen LogP contribution in [0, 0.1) is 0 Å². The summed E-state index contributed by atoms with van der Waals surface area (Å²) >= 11 is 0. The van der Waals surface area contributed by atoms with Crippen LogP contribution >= 0.6 is 7.26 Å². The van der Waals surface area contributed by atoms with Gasteiger partial charge >= 0.3 is 0 Å². The number of halogens is 1. The van der Waals surface area contributed by atoms with Gasteiger partial charge in [-0.25, -0.2) is 0 Å². The quantitative estimate of drug-likeness (QED) is 0.564. The van der Waals surface area contributed by atoms with E-state index >= 15 is 0 Å². The van der Waals surface area contributed by atoms with Crippen molar-refractivity contribution in [2.24, 2.45) is 0 Å². The Morgan fingerprint density at radius 2 is 1.04 bits per heavy atom. The van der Waals surface area contributed by atoms with Gasteiger partial charge in [-0.1, -0.05) is 61.5 Å². The molecule has 0 aromatic heterocycles. The highest BCUT2D eigenvalue weighted by Gasteiger charge is 2.44. The normalized spacial score (nSPS) is 10.8. The van der Waals surface area contributed by atoms with Crippen molar-refractivity contribution in [3.05, 3.63) is 91.0 Å². The van der Waals surface area contributed by atoms with E-state index in [1.54, 1.807) is 0 Å². The van der Waals surface area contributed by atoms with Gasteiger partial charge in [0.1, 0.15) is 29.0 Å². The number of carbonyl (C=O) groups excluding carboxylic acids is 1. The third kappa shape index (κ3) is 4.23. The summed E-state index contributed by atoms with van der Waals surface area (Å²) in [5.41, 5.74) is 0. The van der Waals surface area contributed by atoms with Crippen LogP contribution in [0.15, 0.2) is 91.0 Å². The molecule has 134 valence electrons. The van der Waals surface area contributed by atoms with E-state index in [2.05, 4.69) is 91.0 Å². The Bertz CT molecular complexity index is 707. The molecule has 0 fully saturated rings. The molecule has 0 unspecified atom stereocenters. The fourth-order valence-corrected chi connectivity index (χ4v) is 7.65. The second kappa shape index (κ2) is 9.67. The highest BCUT2D eigenvalue weighted by atomic mass is 35.5. The van der Waals surface area contributed by atoms with Crippen LogP contribution in [0.3, 0.4) is 0 Å². The van der Waals surface area contributed by atoms with Gasteiger partial charge < -0.3 is 12.4 Å². The van der Waals surface area contributed by atoms with Crippen LogP contribution in [0.1, 0.15) is 19.8 Å². The first-order valence-corrected chi connectivity index (χ1v) is 10.8. The first kappa shape index (κ1) is 20.4. The zero-order chi connectivity index (χ0) is 17.5. The average Bonchev–Trinajstić information content (AvgIpc) is 2.71. The average molecular weight is 383 g/mol. The molecule has 0 bridgehead atoms. The standard InChI is InChI=1S/C23H24OP.ClH/c1-2-20(24)18-19-25(21-12-6-3-7-13-21,22-14-8-4-9-15-22)23-16-10-5-11-17-23;/h3-17H,2,18-19H2,1H3;1H/q+1;/p-1. The lowest BCUT2D eigenvalue weighted by atomic mass is 10.2. The fraction of sp³-hybridized carbons (Fsp3) is 0.174. The van der Waals surface area contributed by atoms with E-state index in [-0.39, 0.29) is 12.4 Å². The molecule has 0 aliphatic rings. The largest absolute Gasteiger partial charge is 1.00 e. The summed E-state index contributed by atoms with van der Waals surface area (Å²) < 4.78 is 0. The first-order valence-electron chi connectivity index (χ1n) is 8.84. The van der Waals surface area contributed by atoms with E-state index in [1.807, 2.05) is 6.92 Å². The van der Waals surface area contributed by atoms with Crippen molar-refractivity contribution < 1.29 is 17.2 Å².